The molecule has 0 aliphatic carbocycles. The number of aromatic nitrogens is 3. The van der Waals surface area contributed by atoms with Crippen molar-refractivity contribution in [2.45, 2.75) is 18.1 Å². The lowest BCUT2D eigenvalue weighted by molar-refractivity contribution is 0.534. The Bertz CT molecular complexity index is 648. The highest BCUT2D eigenvalue weighted by Gasteiger charge is 2.23. The van der Waals surface area contributed by atoms with Crippen molar-refractivity contribution in [2.75, 3.05) is 4.72 Å². The van der Waals surface area contributed by atoms with Gasteiger partial charge < -0.3 is 4.42 Å². The van der Waals surface area contributed by atoms with Gasteiger partial charge in [0.25, 0.3) is 10.0 Å². The number of hydrogen-bond acceptors (Lipinski definition) is 7. The highest BCUT2D eigenvalue weighted by atomic mass is 35.5. The van der Waals surface area contributed by atoms with E-state index in [0.29, 0.717) is 5.69 Å². The highest BCUT2D eigenvalue weighted by molar-refractivity contribution is 7.94. The average Bonchev–Trinajstić information content (AvgIpc) is 2.72. The lowest BCUT2D eigenvalue weighted by Crippen LogP contribution is -2.12. The van der Waals surface area contributed by atoms with Crippen molar-refractivity contribution < 1.29 is 12.8 Å². The maximum Gasteiger partial charge on any atom is 0.329 e. The molecule has 0 unspecified atom stereocenters. The second-order valence-electron chi connectivity index (χ2n) is 3.07. The summed E-state index contributed by atoms with van der Waals surface area (Å²) in [7, 11) is -3.78. The van der Waals surface area contributed by atoms with E-state index >= 15 is 0 Å². The number of rotatable bonds is 3. The minimum absolute atomic E-state index is 0.0263. The predicted octanol–water partition coefficient (Wildman–Crippen LogP) is 1.60. The third-order valence-electron chi connectivity index (χ3n) is 1.72. The monoisotopic (exact) mass is 294 g/mol. The van der Waals surface area contributed by atoms with E-state index in [2.05, 4.69) is 19.9 Å². The molecular formula is C7H7ClN4O3S2. The molecule has 1 N–H and O–H groups in total. The maximum absolute atomic E-state index is 11.9. The minimum Gasteiger partial charge on any atom is -0.408 e. The fourth-order valence-electron chi connectivity index (χ4n) is 1.10. The zero-order chi connectivity index (χ0) is 12.6. The van der Waals surface area contributed by atoms with Gasteiger partial charge in [-0.1, -0.05) is 28.0 Å². The molecule has 0 atom stereocenters. The maximum atomic E-state index is 11.9. The first kappa shape index (κ1) is 12.3. The van der Waals surface area contributed by atoms with Crippen LogP contribution in [-0.4, -0.2) is 23.6 Å². The average molecular weight is 295 g/mol. The van der Waals surface area contributed by atoms with E-state index in [-0.39, 0.29) is 20.6 Å². The molecule has 0 radical (unpaired) electrons. The Balaban J connectivity index is 2.34. The van der Waals surface area contributed by atoms with Crippen molar-refractivity contribution in [1.29, 1.82) is 0 Å². The molecule has 0 spiro atoms. The van der Waals surface area contributed by atoms with Gasteiger partial charge in [-0.3, -0.25) is 0 Å². The molecule has 0 fully saturated rings. The summed E-state index contributed by atoms with van der Waals surface area (Å²) in [5, 5.41) is 7.05. The Kier molecular flexibility index (Phi) is 3.06. The van der Waals surface area contributed by atoms with Crippen LogP contribution in [0.2, 0.25) is 4.47 Å². The molecule has 7 nitrogen and oxygen atoms in total. The molecule has 0 aromatic carbocycles. The Hall–Kier alpha value is -1.19. The SMILES string of the molecule is Cc1nnc(NS(=O)(=O)c2sc(Cl)nc2C)o1. The Labute approximate surface area is 106 Å². The number of hydrogen-bond donors (Lipinski definition) is 1. The van der Waals surface area contributed by atoms with E-state index in [0.717, 1.165) is 11.3 Å². The van der Waals surface area contributed by atoms with Crippen molar-refractivity contribution in [3.8, 4) is 0 Å². The van der Waals surface area contributed by atoms with Gasteiger partial charge in [0.05, 0.1) is 5.69 Å². The summed E-state index contributed by atoms with van der Waals surface area (Å²) < 4.78 is 31.1. The fourth-order valence-corrected chi connectivity index (χ4v) is 3.76. The van der Waals surface area contributed by atoms with Crippen molar-refractivity contribution in [3.05, 3.63) is 16.1 Å². The summed E-state index contributed by atoms with van der Waals surface area (Å²) in [4.78, 5) is 3.82. The van der Waals surface area contributed by atoms with Crippen LogP contribution in [-0.2, 0) is 10.0 Å². The van der Waals surface area contributed by atoms with Crippen LogP contribution in [0.15, 0.2) is 8.63 Å². The molecule has 0 bridgehead atoms. The first-order chi connectivity index (χ1) is 7.88. The van der Waals surface area contributed by atoms with Crippen LogP contribution in [0.4, 0.5) is 6.01 Å². The molecule has 10 heteroatoms. The minimum atomic E-state index is -3.78. The molecule has 0 saturated heterocycles. The number of sulfonamides is 1. The standard InChI is InChI=1S/C7H7ClN4O3S2/c1-3-5(16-6(8)9-3)17(13,14)12-7-11-10-4(2)15-7/h1-2H3,(H,11,12). The summed E-state index contributed by atoms with van der Waals surface area (Å²) in [6.45, 7) is 3.11. The molecular weight excluding hydrogens is 288 g/mol. The van der Waals surface area contributed by atoms with Crippen LogP contribution in [0.1, 0.15) is 11.6 Å². The molecule has 0 amide bonds. The smallest absolute Gasteiger partial charge is 0.329 e. The molecule has 2 rings (SSSR count). The number of halogens is 1. The molecule has 92 valence electrons. The van der Waals surface area contributed by atoms with E-state index in [9.17, 15) is 8.42 Å². The van der Waals surface area contributed by atoms with Gasteiger partial charge in [0, 0.05) is 6.92 Å². The normalized spacial score (nSPS) is 11.7. The molecule has 2 aromatic rings. The number of anilines is 1. The number of nitrogens with one attached hydrogen (secondary N) is 1. The van der Waals surface area contributed by atoms with Gasteiger partial charge >= 0.3 is 6.01 Å². The van der Waals surface area contributed by atoms with Crippen LogP contribution in [0.3, 0.4) is 0 Å². The summed E-state index contributed by atoms with van der Waals surface area (Å²) >= 11 is 6.50. The lowest BCUT2D eigenvalue weighted by Gasteiger charge is -2.00. The van der Waals surface area contributed by atoms with Gasteiger partial charge in [0.1, 0.15) is 0 Å². The summed E-state index contributed by atoms with van der Waals surface area (Å²) in [5.41, 5.74) is 0.323. The lowest BCUT2D eigenvalue weighted by atomic mass is 10.6. The Morgan fingerprint density at radius 1 is 1.35 bits per heavy atom. The fraction of sp³-hybridized carbons (Fsp3) is 0.286. The molecule has 0 saturated carbocycles. The molecule has 0 aliphatic heterocycles. The third-order valence-corrected chi connectivity index (χ3v) is 4.91. The van der Waals surface area contributed by atoms with Crippen LogP contribution in [0.25, 0.3) is 0 Å². The van der Waals surface area contributed by atoms with Crippen molar-refractivity contribution >= 4 is 39.0 Å². The van der Waals surface area contributed by atoms with Crippen molar-refractivity contribution in [2.24, 2.45) is 0 Å². The van der Waals surface area contributed by atoms with Gasteiger partial charge in [0.15, 0.2) is 8.68 Å². The third kappa shape index (κ3) is 2.56. The van der Waals surface area contributed by atoms with Crippen molar-refractivity contribution in [3.63, 3.8) is 0 Å². The summed E-state index contributed by atoms with van der Waals surface area (Å²) in [5.74, 6) is 0.266. The van der Waals surface area contributed by atoms with Gasteiger partial charge in [-0.25, -0.2) is 18.1 Å². The van der Waals surface area contributed by atoms with Crippen LogP contribution in [0, 0.1) is 13.8 Å². The zero-order valence-electron chi connectivity index (χ0n) is 8.76. The molecule has 2 aromatic heterocycles. The van der Waals surface area contributed by atoms with Gasteiger partial charge in [-0.05, 0) is 6.92 Å². The van der Waals surface area contributed by atoms with Gasteiger partial charge in [-0.2, -0.15) is 0 Å². The number of aryl methyl sites for hydroxylation is 2. The van der Waals surface area contributed by atoms with E-state index in [1.807, 2.05) is 0 Å². The van der Waals surface area contributed by atoms with Gasteiger partial charge in [0.2, 0.25) is 5.89 Å². The quantitative estimate of drug-likeness (QED) is 0.923. The Morgan fingerprint density at radius 2 is 2.06 bits per heavy atom. The predicted molar refractivity (Wildman–Crippen MR) is 61.7 cm³/mol. The largest absolute Gasteiger partial charge is 0.408 e. The van der Waals surface area contributed by atoms with Gasteiger partial charge in [-0.15, -0.1) is 5.10 Å². The highest BCUT2D eigenvalue weighted by Crippen LogP contribution is 2.28. The second kappa shape index (κ2) is 4.24. The molecule has 2 heterocycles. The van der Waals surface area contributed by atoms with Crippen LogP contribution >= 0.6 is 22.9 Å². The summed E-state index contributed by atoms with van der Waals surface area (Å²) in [6, 6.07) is -0.188. The Morgan fingerprint density at radius 3 is 2.53 bits per heavy atom. The van der Waals surface area contributed by atoms with E-state index in [1.165, 1.54) is 0 Å². The van der Waals surface area contributed by atoms with Crippen LogP contribution < -0.4 is 4.72 Å². The first-order valence-corrected chi connectivity index (χ1v) is 7.02. The van der Waals surface area contributed by atoms with Crippen molar-refractivity contribution in [1.82, 2.24) is 15.2 Å². The van der Waals surface area contributed by atoms with E-state index in [1.54, 1.807) is 13.8 Å². The number of thiazole rings is 1. The number of nitrogens with zero attached hydrogens (tertiary/aromatic N) is 3. The topological polar surface area (TPSA) is 98.0 Å². The van der Waals surface area contributed by atoms with E-state index in [4.69, 9.17) is 16.0 Å². The zero-order valence-corrected chi connectivity index (χ0v) is 11.1. The molecule has 0 aliphatic rings. The second-order valence-corrected chi connectivity index (χ2v) is 6.53. The van der Waals surface area contributed by atoms with Crippen LogP contribution in [0.5, 0.6) is 0 Å². The summed E-state index contributed by atoms with van der Waals surface area (Å²) in [6.07, 6.45) is 0. The van der Waals surface area contributed by atoms with E-state index < -0.39 is 10.0 Å². The first-order valence-electron chi connectivity index (χ1n) is 4.34. The molecule has 17 heavy (non-hydrogen) atoms.